The second-order valence-corrected chi connectivity index (χ2v) is 4.20. The third-order valence-electron chi connectivity index (χ3n) is 2.93. The van der Waals surface area contributed by atoms with Crippen LogP contribution in [0.3, 0.4) is 0 Å². The molecule has 0 radical (unpaired) electrons. The summed E-state index contributed by atoms with van der Waals surface area (Å²) in [6.07, 6.45) is 2.51. The van der Waals surface area contributed by atoms with E-state index in [1.807, 2.05) is 6.92 Å². The van der Waals surface area contributed by atoms with E-state index in [1.165, 1.54) is 0 Å². The zero-order valence-corrected chi connectivity index (χ0v) is 10.1. The van der Waals surface area contributed by atoms with Gasteiger partial charge in [-0.15, -0.1) is 0 Å². The number of aromatic nitrogens is 3. The molecule has 17 heavy (non-hydrogen) atoms. The summed E-state index contributed by atoms with van der Waals surface area (Å²) in [6, 6.07) is 1.79. The molecular weight excluding hydrogens is 218 g/mol. The van der Waals surface area contributed by atoms with Crippen molar-refractivity contribution in [3.05, 3.63) is 23.5 Å². The lowest BCUT2D eigenvalue weighted by Crippen LogP contribution is -2.07. The molecule has 2 rings (SSSR count). The lowest BCUT2D eigenvalue weighted by Gasteiger charge is -2.10. The van der Waals surface area contributed by atoms with Crippen molar-refractivity contribution in [2.75, 3.05) is 0 Å². The molecule has 2 aromatic heterocycles. The van der Waals surface area contributed by atoms with Gasteiger partial charge >= 0.3 is 5.97 Å². The van der Waals surface area contributed by atoms with Gasteiger partial charge in [0.1, 0.15) is 0 Å². The number of carboxylic acid groups (broad SMARTS) is 1. The molecule has 2 heterocycles. The van der Waals surface area contributed by atoms with E-state index in [-0.39, 0.29) is 11.6 Å². The Labute approximate surface area is 99.1 Å². The Kier molecular flexibility index (Phi) is 2.83. The summed E-state index contributed by atoms with van der Waals surface area (Å²) >= 11 is 0. The fraction of sp³-hybridized carbons (Fsp3) is 0.417. The fourth-order valence-electron chi connectivity index (χ4n) is 1.82. The van der Waals surface area contributed by atoms with E-state index in [9.17, 15) is 4.79 Å². The normalized spacial score (nSPS) is 12.9. The molecule has 0 aliphatic carbocycles. The number of hydrogen-bond donors (Lipinski definition) is 1. The van der Waals surface area contributed by atoms with Crippen LogP contribution in [0.2, 0.25) is 0 Å². The monoisotopic (exact) mass is 233 g/mol. The molecule has 0 bridgehead atoms. The minimum atomic E-state index is -0.941. The summed E-state index contributed by atoms with van der Waals surface area (Å²) < 4.78 is 1.79. The lowest BCUT2D eigenvalue weighted by molar-refractivity contribution is 0.0699. The van der Waals surface area contributed by atoms with Crippen LogP contribution >= 0.6 is 0 Å². The first-order valence-electron chi connectivity index (χ1n) is 5.62. The number of fused-ring (bicyclic) bond motifs is 1. The van der Waals surface area contributed by atoms with Crippen LogP contribution in [0.5, 0.6) is 0 Å². The molecule has 5 nitrogen and oxygen atoms in total. The number of hydrogen-bond acceptors (Lipinski definition) is 3. The van der Waals surface area contributed by atoms with Crippen molar-refractivity contribution in [1.29, 1.82) is 0 Å². The van der Waals surface area contributed by atoms with Crippen molar-refractivity contribution in [2.45, 2.75) is 33.2 Å². The van der Waals surface area contributed by atoms with Crippen LogP contribution in [0.15, 0.2) is 12.3 Å². The van der Waals surface area contributed by atoms with Gasteiger partial charge in [0.25, 0.3) is 0 Å². The van der Waals surface area contributed by atoms with Crippen molar-refractivity contribution < 1.29 is 9.90 Å². The molecule has 1 unspecified atom stereocenters. The highest BCUT2D eigenvalue weighted by molar-refractivity contribution is 6.01. The second-order valence-electron chi connectivity index (χ2n) is 4.20. The Morgan fingerprint density at radius 1 is 1.59 bits per heavy atom. The minimum absolute atomic E-state index is 0.212. The van der Waals surface area contributed by atoms with Gasteiger partial charge in [0.05, 0.1) is 23.2 Å². The average Bonchev–Trinajstić information content (AvgIpc) is 2.70. The molecule has 0 saturated carbocycles. The molecule has 2 aromatic rings. The maximum atomic E-state index is 11.2. The minimum Gasteiger partial charge on any atom is -0.478 e. The van der Waals surface area contributed by atoms with Crippen molar-refractivity contribution in [2.24, 2.45) is 0 Å². The van der Waals surface area contributed by atoms with Gasteiger partial charge in [-0.1, -0.05) is 6.92 Å². The third kappa shape index (κ3) is 1.88. The van der Waals surface area contributed by atoms with Crippen LogP contribution in [0.25, 0.3) is 11.0 Å². The van der Waals surface area contributed by atoms with E-state index < -0.39 is 5.97 Å². The van der Waals surface area contributed by atoms with Crippen LogP contribution in [0.4, 0.5) is 0 Å². The molecule has 0 fully saturated rings. The maximum absolute atomic E-state index is 11.2. The van der Waals surface area contributed by atoms with E-state index in [4.69, 9.17) is 5.11 Å². The molecule has 0 saturated heterocycles. The van der Waals surface area contributed by atoms with Gasteiger partial charge in [0, 0.05) is 5.69 Å². The SMILES string of the molecule is CCC(C)n1ncc2c(C(=O)O)cc(C)nc21. The molecular formula is C12H15N3O2. The number of aromatic carboxylic acids is 1. The Morgan fingerprint density at radius 3 is 2.88 bits per heavy atom. The number of aryl methyl sites for hydroxylation is 1. The summed E-state index contributed by atoms with van der Waals surface area (Å²) in [5.74, 6) is -0.941. The molecule has 1 atom stereocenters. The van der Waals surface area contributed by atoms with Crippen LogP contribution in [0, 0.1) is 6.92 Å². The van der Waals surface area contributed by atoms with Crippen molar-refractivity contribution in [1.82, 2.24) is 14.8 Å². The molecule has 0 spiro atoms. The number of carboxylic acids is 1. The van der Waals surface area contributed by atoms with E-state index in [0.29, 0.717) is 16.7 Å². The zero-order valence-electron chi connectivity index (χ0n) is 10.1. The first-order valence-corrected chi connectivity index (χ1v) is 5.62. The van der Waals surface area contributed by atoms with Crippen molar-refractivity contribution in [3.63, 3.8) is 0 Å². The van der Waals surface area contributed by atoms with E-state index in [0.717, 1.165) is 6.42 Å². The summed E-state index contributed by atoms with van der Waals surface area (Å²) in [7, 11) is 0. The van der Waals surface area contributed by atoms with Gasteiger partial charge in [0.15, 0.2) is 5.65 Å². The number of nitrogens with zero attached hydrogens (tertiary/aromatic N) is 3. The zero-order chi connectivity index (χ0) is 12.6. The standard InChI is InChI=1S/C12H15N3O2/c1-4-8(3)15-11-10(6-13-15)9(12(16)17)5-7(2)14-11/h5-6,8H,4H2,1-3H3,(H,16,17). The quantitative estimate of drug-likeness (QED) is 0.883. The lowest BCUT2D eigenvalue weighted by atomic mass is 10.1. The van der Waals surface area contributed by atoms with Gasteiger partial charge in [0.2, 0.25) is 0 Å². The molecule has 0 aliphatic rings. The number of pyridine rings is 1. The summed E-state index contributed by atoms with van der Waals surface area (Å²) in [4.78, 5) is 15.5. The molecule has 0 aromatic carbocycles. The third-order valence-corrected chi connectivity index (χ3v) is 2.93. The molecule has 5 heteroatoms. The topological polar surface area (TPSA) is 68.0 Å². The van der Waals surface area contributed by atoms with Gasteiger partial charge in [-0.2, -0.15) is 5.10 Å². The van der Waals surface area contributed by atoms with Crippen molar-refractivity contribution >= 4 is 17.0 Å². The average molecular weight is 233 g/mol. The predicted octanol–water partition coefficient (Wildman–Crippen LogP) is 2.41. The molecule has 1 N–H and O–H groups in total. The smallest absolute Gasteiger partial charge is 0.336 e. The van der Waals surface area contributed by atoms with E-state index in [2.05, 4.69) is 17.0 Å². The Bertz CT molecular complexity index is 574. The Hall–Kier alpha value is -1.91. The fourth-order valence-corrected chi connectivity index (χ4v) is 1.82. The van der Waals surface area contributed by atoms with Crippen LogP contribution in [0.1, 0.15) is 42.4 Å². The molecule has 0 aliphatic heterocycles. The molecule has 90 valence electrons. The summed E-state index contributed by atoms with van der Waals surface area (Å²) in [6.45, 7) is 5.89. The first-order chi connectivity index (χ1) is 8.04. The number of carbonyl (C=O) groups is 1. The van der Waals surface area contributed by atoms with E-state index >= 15 is 0 Å². The first kappa shape index (κ1) is 11.6. The maximum Gasteiger partial charge on any atom is 0.336 e. The largest absolute Gasteiger partial charge is 0.478 e. The van der Waals surface area contributed by atoms with Gasteiger partial charge in [-0.3, -0.25) is 0 Å². The Morgan fingerprint density at radius 2 is 2.29 bits per heavy atom. The van der Waals surface area contributed by atoms with Gasteiger partial charge in [-0.25, -0.2) is 14.5 Å². The van der Waals surface area contributed by atoms with Gasteiger partial charge < -0.3 is 5.11 Å². The predicted molar refractivity (Wildman–Crippen MR) is 64.2 cm³/mol. The second kappa shape index (κ2) is 4.16. The van der Waals surface area contributed by atoms with E-state index in [1.54, 1.807) is 23.9 Å². The highest BCUT2D eigenvalue weighted by Crippen LogP contribution is 2.22. The summed E-state index contributed by atoms with van der Waals surface area (Å²) in [5, 5.41) is 14.0. The highest BCUT2D eigenvalue weighted by Gasteiger charge is 2.16. The molecule has 0 amide bonds. The highest BCUT2D eigenvalue weighted by atomic mass is 16.4. The number of rotatable bonds is 3. The van der Waals surface area contributed by atoms with Gasteiger partial charge in [-0.05, 0) is 26.3 Å². The van der Waals surface area contributed by atoms with Crippen LogP contribution in [-0.4, -0.2) is 25.8 Å². The van der Waals surface area contributed by atoms with Crippen molar-refractivity contribution in [3.8, 4) is 0 Å². The summed E-state index contributed by atoms with van der Waals surface area (Å²) in [5.41, 5.74) is 1.61. The van der Waals surface area contributed by atoms with Crippen LogP contribution < -0.4 is 0 Å². The van der Waals surface area contributed by atoms with Crippen LogP contribution in [-0.2, 0) is 0 Å². The Balaban J connectivity index is 2.73.